The Balaban J connectivity index is 2.07. The van der Waals surface area contributed by atoms with Crippen LogP contribution in [0, 0.1) is 6.92 Å². The number of carbonyl (C=O) groups is 1. The molecule has 2 unspecified atom stereocenters. The highest BCUT2D eigenvalue weighted by atomic mass is 32.1. The molecule has 1 fully saturated rings. The van der Waals surface area contributed by atoms with E-state index in [1.54, 1.807) is 0 Å². The van der Waals surface area contributed by atoms with Crippen LogP contribution in [0.25, 0.3) is 0 Å². The summed E-state index contributed by atoms with van der Waals surface area (Å²) in [5.74, 6) is -0.117. The molecule has 6 heteroatoms. The molecule has 1 aliphatic rings. The van der Waals surface area contributed by atoms with Crippen LogP contribution in [0.4, 0.5) is 5.13 Å². The molecule has 1 saturated carbocycles. The van der Waals surface area contributed by atoms with E-state index in [9.17, 15) is 9.90 Å². The van der Waals surface area contributed by atoms with Crippen molar-refractivity contribution in [3.05, 3.63) is 10.6 Å². The Labute approximate surface area is 117 Å². The van der Waals surface area contributed by atoms with Gasteiger partial charge in [-0.15, -0.1) is 0 Å². The summed E-state index contributed by atoms with van der Waals surface area (Å²) in [6.45, 7) is 1.84. The molecule has 2 rings (SSSR count). The lowest BCUT2D eigenvalue weighted by Gasteiger charge is -2.28. The van der Waals surface area contributed by atoms with Gasteiger partial charge in [-0.25, -0.2) is 4.98 Å². The molecule has 1 aromatic heterocycles. The number of carbonyl (C=O) groups excluding carboxylic acids is 1. The molecule has 1 aliphatic carbocycles. The minimum absolute atomic E-state index is 0.117. The van der Waals surface area contributed by atoms with E-state index >= 15 is 0 Å². The number of aliphatic hydroxyl groups excluding tert-OH is 1. The average Bonchev–Trinajstić information content (AvgIpc) is 2.74. The SMILES string of the molecule is Cc1nc(N(C)C)sc1C(=O)NC1CCCCC1O. The zero-order chi connectivity index (χ0) is 14.0. The summed E-state index contributed by atoms with van der Waals surface area (Å²) in [6.07, 6.45) is 3.31. The number of aryl methyl sites for hydroxylation is 1. The van der Waals surface area contributed by atoms with E-state index in [0.717, 1.165) is 36.5 Å². The molecule has 0 aliphatic heterocycles. The zero-order valence-electron chi connectivity index (χ0n) is 11.6. The molecular weight excluding hydrogens is 262 g/mol. The van der Waals surface area contributed by atoms with Crippen molar-refractivity contribution in [2.75, 3.05) is 19.0 Å². The second-order valence-corrected chi connectivity index (χ2v) is 6.21. The summed E-state index contributed by atoms with van der Waals surface area (Å²) >= 11 is 1.39. The third-order valence-corrected chi connectivity index (χ3v) is 4.74. The fourth-order valence-corrected chi connectivity index (χ4v) is 3.19. The van der Waals surface area contributed by atoms with Crippen LogP contribution in [0.1, 0.15) is 41.0 Å². The van der Waals surface area contributed by atoms with Crippen LogP contribution in [-0.2, 0) is 0 Å². The van der Waals surface area contributed by atoms with Crippen LogP contribution in [0.5, 0.6) is 0 Å². The lowest BCUT2D eigenvalue weighted by Crippen LogP contribution is -2.45. The molecule has 0 bridgehead atoms. The van der Waals surface area contributed by atoms with Gasteiger partial charge in [0, 0.05) is 14.1 Å². The van der Waals surface area contributed by atoms with Crippen LogP contribution < -0.4 is 10.2 Å². The lowest BCUT2D eigenvalue weighted by molar-refractivity contribution is 0.0719. The highest BCUT2D eigenvalue weighted by Crippen LogP contribution is 2.25. The minimum Gasteiger partial charge on any atom is -0.391 e. The number of nitrogens with one attached hydrogen (secondary N) is 1. The first kappa shape index (κ1) is 14.3. The average molecular weight is 283 g/mol. The molecule has 2 N–H and O–H groups in total. The molecule has 2 atom stereocenters. The van der Waals surface area contributed by atoms with E-state index in [1.165, 1.54) is 11.3 Å². The predicted molar refractivity (Wildman–Crippen MR) is 76.9 cm³/mol. The number of aliphatic hydroxyl groups is 1. The first-order chi connectivity index (χ1) is 8.99. The fourth-order valence-electron chi connectivity index (χ4n) is 2.30. The zero-order valence-corrected chi connectivity index (χ0v) is 12.5. The van der Waals surface area contributed by atoms with Crippen LogP contribution in [0.3, 0.4) is 0 Å². The van der Waals surface area contributed by atoms with Crippen molar-refractivity contribution in [2.45, 2.75) is 44.8 Å². The van der Waals surface area contributed by atoms with Crippen molar-refractivity contribution < 1.29 is 9.90 Å². The Kier molecular flexibility index (Phi) is 4.42. The summed E-state index contributed by atoms with van der Waals surface area (Å²) in [5, 5.41) is 13.7. The number of hydrogen-bond acceptors (Lipinski definition) is 5. The van der Waals surface area contributed by atoms with Crippen LogP contribution >= 0.6 is 11.3 Å². The van der Waals surface area contributed by atoms with Gasteiger partial charge in [0.25, 0.3) is 5.91 Å². The Morgan fingerprint density at radius 3 is 2.68 bits per heavy atom. The molecule has 1 amide bonds. The van der Waals surface area contributed by atoms with Crippen LogP contribution in [0.2, 0.25) is 0 Å². The number of rotatable bonds is 3. The van der Waals surface area contributed by atoms with Gasteiger partial charge in [-0.3, -0.25) is 4.79 Å². The van der Waals surface area contributed by atoms with Gasteiger partial charge in [0.15, 0.2) is 5.13 Å². The minimum atomic E-state index is -0.417. The molecule has 0 saturated heterocycles. The van der Waals surface area contributed by atoms with Gasteiger partial charge in [-0.1, -0.05) is 24.2 Å². The quantitative estimate of drug-likeness (QED) is 0.883. The number of aromatic nitrogens is 1. The van der Waals surface area contributed by atoms with Gasteiger partial charge in [0.05, 0.1) is 17.8 Å². The molecule has 19 heavy (non-hydrogen) atoms. The number of anilines is 1. The van der Waals surface area contributed by atoms with E-state index in [2.05, 4.69) is 10.3 Å². The Morgan fingerprint density at radius 1 is 1.42 bits per heavy atom. The fraction of sp³-hybridized carbons (Fsp3) is 0.692. The van der Waals surface area contributed by atoms with E-state index < -0.39 is 6.10 Å². The van der Waals surface area contributed by atoms with Crippen molar-refractivity contribution in [2.24, 2.45) is 0 Å². The van der Waals surface area contributed by atoms with Crippen molar-refractivity contribution in [1.29, 1.82) is 0 Å². The number of amides is 1. The second kappa shape index (κ2) is 5.88. The maximum Gasteiger partial charge on any atom is 0.263 e. The first-order valence-electron chi connectivity index (χ1n) is 6.62. The maximum absolute atomic E-state index is 12.2. The highest BCUT2D eigenvalue weighted by Gasteiger charge is 2.26. The standard InChI is InChI=1S/C13H21N3O2S/c1-8-11(19-13(14-8)16(2)3)12(18)15-9-6-4-5-7-10(9)17/h9-10,17H,4-7H2,1-3H3,(H,15,18). The van der Waals surface area contributed by atoms with Gasteiger partial charge in [0.2, 0.25) is 0 Å². The molecule has 0 radical (unpaired) electrons. The first-order valence-corrected chi connectivity index (χ1v) is 7.44. The van der Waals surface area contributed by atoms with Crippen LogP contribution in [0.15, 0.2) is 0 Å². The Bertz CT molecular complexity index is 459. The van der Waals surface area contributed by atoms with Crippen molar-refractivity contribution in [3.8, 4) is 0 Å². The number of thiazole rings is 1. The van der Waals surface area contributed by atoms with Gasteiger partial charge >= 0.3 is 0 Å². The predicted octanol–water partition coefficient (Wildman–Crippen LogP) is 1.55. The lowest BCUT2D eigenvalue weighted by atomic mass is 9.92. The van der Waals surface area contributed by atoms with Gasteiger partial charge < -0.3 is 15.3 Å². The highest BCUT2D eigenvalue weighted by molar-refractivity contribution is 7.17. The normalized spacial score (nSPS) is 23.2. The Hall–Kier alpha value is -1.14. The third-order valence-electron chi connectivity index (χ3n) is 3.42. The molecule has 1 heterocycles. The summed E-state index contributed by atoms with van der Waals surface area (Å²) in [4.78, 5) is 19.1. The van der Waals surface area contributed by atoms with Gasteiger partial charge in [0.1, 0.15) is 4.88 Å². The van der Waals surface area contributed by atoms with E-state index in [4.69, 9.17) is 0 Å². The summed E-state index contributed by atoms with van der Waals surface area (Å²) in [6, 6.07) is -0.120. The molecular formula is C13H21N3O2S. The van der Waals surface area contributed by atoms with E-state index in [-0.39, 0.29) is 11.9 Å². The van der Waals surface area contributed by atoms with Crippen molar-refractivity contribution in [1.82, 2.24) is 10.3 Å². The topological polar surface area (TPSA) is 65.5 Å². The summed E-state index contributed by atoms with van der Waals surface area (Å²) < 4.78 is 0. The van der Waals surface area contributed by atoms with E-state index in [1.807, 2.05) is 25.9 Å². The smallest absolute Gasteiger partial charge is 0.263 e. The third kappa shape index (κ3) is 3.25. The number of nitrogens with zero attached hydrogens (tertiary/aromatic N) is 2. The molecule has 0 spiro atoms. The van der Waals surface area contributed by atoms with E-state index in [0.29, 0.717) is 4.88 Å². The van der Waals surface area contributed by atoms with Gasteiger partial charge in [-0.05, 0) is 19.8 Å². The van der Waals surface area contributed by atoms with Crippen molar-refractivity contribution in [3.63, 3.8) is 0 Å². The summed E-state index contributed by atoms with van der Waals surface area (Å²) in [7, 11) is 3.82. The largest absolute Gasteiger partial charge is 0.391 e. The second-order valence-electron chi connectivity index (χ2n) is 5.24. The molecule has 1 aromatic rings. The molecule has 5 nitrogen and oxygen atoms in total. The monoisotopic (exact) mass is 283 g/mol. The Morgan fingerprint density at radius 2 is 2.11 bits per heavy atom. The number of hydrogen-bond donors (Lipinski definition) is 2. The molecule has 106 valence electrons. The summed E-state index contributed by atoms with van der Waals surface area (Å²) in [5.41, 5.74) is 0.747. The maximum atomic E-state index is 12.2. The molecule has 0 aromatic carbocycles. The van der Waals surface area contributed by atoms with Crippen molar-refractivity contribution >= 4 is 22.4 Å². The van der Waals surface area contributed by atoms with Gasteiger partial charge in [-0.2, -0.15) is 0 Å². The van der Waals surface area contributed by atoms with Crippen LogP contribution in [-0.4, -0.2) is 42.2 Å².